The van der Waals surface area contributed by atoms with Gasteiger partial charge in [-0.25, -0.2) is 8.78 Å². The molecule has 0 saturated carbocycles. The number of nitrogens with one attached hydrogen (secondary N) is 1. The number of benzene rings is 1. The van der Waals surface area contributed by atoms with Gasteiger partial charge in [-0.05, 0) is 24.6 Å². The molecule has 0 unspecified atom stereocenters. The molecule has 0 aliphatic heterocycles. The minimum atomic E-state index is -0.852. The Morgan fingerprint density at radius 2 is 1.95 bits per heavy atom. The standard InChI is InChI=1S/C13H10F2N2OS/c1-7(2)12(18)8(6-16)13(19)17-11-9(14)4-3-5-10(11)15/h3-5,18H,1H2,2H3,(H,17,19)/b12-8-. The number of hydrogen-bond donors (Lipinski definition) is 2. The van der Waals surface area contributed by atoms with Crippen LogP contribution in [0, 0.1) is 23.0 Å². The molecule has 0 saturated heterocycles. The molecule has 0 aliphatic carbocycles. The third kappa shape index (κ3) is 3.36. The second kappa shape index (κ2) is 6.07. The molecule has 1 rings (SSSR count). The highest BCUT2D eigenvalue weighted by Crippen LogP contribution is 2.20. The summed E-state index contributed by atoms with van der Waals surface area (Å²) < 4.78 is 26.8. The molecule has 98 valence electrons. The van der Waals surface area contributed by atoms with E-state index in [0.717, 1.165) is 12.1 Å². The molecule has 0 atom stereocenters. The SMILES string of the molecule is C=C(C)/C(O)=C(\C#N)C(=S)Nc1c(F)cccc1F. The molecule has 0 spiro atoms. The normalized spacial score (nSPS) is 11.3. The minimum Gasteiger partial charge on any atom is -0.506 e. The van der Waals surface area contributed by atoms with E-state index in [9.17, 15) is 13.9 Å². The number of allylic oxidation sites excluding steroid dienone is 1. The van der Waals surface area contributed by atoms with Gasteiger partial charge in [-0.2, -0.15) is 5.26 Å². The second-order valence-electron chi connectivity index (χ2n) is 3.67. The van der Waals surface area contributed by atoms with Gasteiger partial charge in [-0.15, -0.1) is 0 Å². The predicted octanol–water partition coefficient (Wildman–Crippen LogP) is 3.62. The Bertz CT molecular complexity index is 597. The molecule has 0 radical (unpaired) electrons. The molecule has 0 fully saturated rings. The first kappa shape index (κ1) is 14.8. The van der Waals surface area contributed by atoms with Crippen LogP contribution in [0.25, 0.3) is 0 Å². The van der Waals surface area contributed by atoms with Gasteiger partial charge in [0.15, 0.2) is 0 Å². The molecule has 0 bridgehead atoms. The smallest absolute Gasteiger partial charge is 0.149 e. The fourth-order valence-electron chi connectivity index (χ4n) is 1.22. The number of thiocarbonyl (C=S) groups is 1. The average Bonchev–Trinajstić information content (AvgIpc) is 2.34. The van der Waals surface area contributed by atoms with Crippen LogP contribution in [0.4, 0.5) is 14.5 Å². The monoisotopic (exact) mass is 280 g/mol. The lowest BCUT2D eigenvalue weighted by Gasteiger charge is -2.10. The highest BCUT2D eigenvalue weighted by Gasteiger charge is 2.16. The average molecular weight is 280 g/mol. The number of nitrogens with zero attached hydrogens (tertiary/aromatic N) is 1. The Morgan fingerprint density at radius 3 is 2.37 bits per heavy atom. The van der Waals surface area contributed by atoms with Crippen LogP contribution < -0.4 is 5.32 Å². The first-order chi connectivity index (χ1) is 8.88. The summed E-state index contributed by atoms with van der Waals surface area (Å²) in [7, 11) is 0. The number of aliphatic hydroxyl groups is 1. The molecule has 1 aromatic rings. The number of para-hydroxylation sites is 1. The van der Waals surface area contributed by atoms with E-state index in [1.165, 1.54) is 13.0 Å². The van der Waals surface area contributed by atoms with E-state index in [2.05, 4.69) is 11.9 Å². The van der Waals surface area contributed by atoms with Gasteiger partial charge in [0, 0.05) is 0 Å². The number of halogens is 2. The zero-order chi connectivity index (χ0) is 14.6. The quantitative estimate of drug-likeness (QED) is 0.292. The summed E-state index contributed by atoms with van der Waals surface area (Å²) in [6.07, 6.45) is 0. The van der Waals surface area contributed by atoms with Crippen LogP contribution in [0.15, 0.2) is 41.7 Å². The van der Waals surface area contributed by atoms with Gasteiger partial charge in [0.2, 0.25) is 0 Å². The van der Waals surface area contributed by atoms with E-state index in [1.807, 2.05) is 0 Å². The van der Waals surface area contributed by atoms with Crippen LogP contribution in [-0.4, -0.2) is 10.1 Å². The third-order valence-corrected chi connectivity index (χ3v) is 2.49. The van der Waals surface area contributed by atoms with Crippen molar-refractivity contribution in [2.75, 3.05) is 5.32 Å². The number of rotatable bonds is 3. The summed E-state index contributed by atoms with van der Waals surface area (Å²) in [6, 6.07) is 4.95. The fraction of sp³-hybridized carbons (Fsp3) is 0.0769. The van der Waals surface area contributed by atoms with Crippen molar-refractivity contribution in [3.63, 3.8) is 0 Å². The predicted molar refractivity (Wildman–Crippen MR) is 72.7 cm³/mol. The molecule has 1 aromatic carbocycles. The Labute approximate surface area is 114 Å². The zero-order valence-electron chi connectivity index (χ0n) is 10.00. The van der Waals surface area contributed by atoms with E-state index >= 15 is 0 Å². The number of nitriles is 1. The molecule has 3 nitrogen and oxygen atoms in total. The molecule has 19 heavy (non-hydrogen) atoms. The lowest BCUT2D eigenvalue weighted by atomic mass is 10.1. The van der Waals surface area contributed by atoms with Gasteiger partial charge in [0.25, 0.3) is 0 Å². The van der Waals surface area contributed by atoms with Crippen LogP contribution in [0.2, 0.25) is 0 Å². The maximum absolute atomic E-state index is 13.4. The van der Waals surface area contributed by atoms with E-state index in [-0.39, 0.29) is 16.1 Å². The second-order valence-corrected chi connectivity index (χ2v) is 4.07. The van der Waals surface area contributed by atoms with Crippen molar-refractivity contribution in [1.29, 1.82) is 5.26 Å². The van der Waals surface area contributed by atoms with Crippen molar-refractivity contribution in [3.8, 4) is 6.07 Å². The highest BCUT2D eigenvalue weighted by molar-refractivity contribution is 7.81. The van der Waals surface area contributed by atoms with E-state index in [1.54, 1.807) is 6.07 Å². The largest absolute Gasteiger partial charge is 0.506 e. The maximum atomic E-state index is 13.4. The van der Waals surface area contributed by atoms with Gasteiger partial charge in [-0.3, -0.25) is 0 Å². The summed E-state index contributed by atoms with van der Waals surface area (Å²) in [4.78, 5) is -0.285. The zero-order valence-corrected chi connectivity index (χ0v) is 10.8. The van der Waals surface area contributed by atoms with Crippen LogP contribution >= 0.6 is 12.2 Å². The molecule has 2 N–H and O–H groups in total. The van der Waals surface area contributed by atoms with Crippen molar-refractivity contribution in [3.05, 3.63) is 53.3 Å². The van der Waals surface area contributed by atoms with Crippen LogP contribution in [-0.2, 0) is 0 Å². The molecule has 0 heterocycles. The van der Waals surface area contributed by atoms with E-state index < -0.39 is 23.1 Å². The summed E-state index contributed by atoms with van der Waals surface area (Å²) in [5.41, 5.74) is -0.561. The van der Waals surface area contributed by atoms with Gasteiger partial charge in [-0.1, -0.05) is 24.9 Å². The molecule has 0 amide bonds. The van der Waals surface area contributed by atoms with Gasteiger partial charge < -0.3 is 10.4 Å². The molecular formula is C13H10F2N2OS. The highest BCUT2D eigenvalue weighted by atomic mass is 32.1. The lowest BCUT2D eigenvalue weighted by molar-refractivity contribution is 0.422. The molecule has 0 aromatic heterocycles. The number of hydrogen-bond acceptors (Lipinski definition) is 3. The topological polar surface area (TPSA) is 56.0 Å². The van der Waals surface area contributed by atoms with Crippen molar-refractivity contribution in [2.24, 2.45) is 0 Å². The van der Waals surface area contributed by atoms with E-state index in [4.69, 9.17) is 17.5 Å². The molecular weight excluding hydrogens is 270 g/mol. The van der Waals surface area contributed by atoms with E-state index in [0.29, 0.717) is 0 Å². The molecule has 6 heteroatoms. The summed E-state index contributed by atoms with van der Waals surface area (Å²) in [6.45, 7) is 4.93. The Hall–Kier alpha value is -2.26. The first-order valence-corrected chi connectivity index (χ1v) is 5.54. The lowest BCUT2D eigenvalue weighted by Crippen LogP contribution is -2.15. The van der Waals surface area contributed by atoms with Crippen LogP contribution in [0.1, 0.15) is 6.92 Å². The van der Waals surface area contributed by atoms with Crippen LogP contribution in [0.5, 0.6) is 0 Å². The fourth-order valence-corrected chi connectivity index (χ4v) is 1.46. The Kier molecular flexibility index (Phi) is 4.73. The molecule has 0 aliphatic rings. The first-order valence-electron chi connectivity index (χ1n) is 5.13. The Balaban J connectivity index is 3.14. The number of aliphatic hydroxyl groups excluding tert-OH is 1. The van der Waals surface area contributed by atoms with Gasteiger partial charge in [0.1, 0.15) is 39.7 Å². The van der Waals surface area contributed by atoms with Crippen molar-refractivity contribution in [2.45, 2.75) is 6.92 Å². The van der Waals surface area contributed by atoms with Gasteiger partial charge >= 0.3 is 0 Å². The number of anilines is 1. The van der Waals surface area contributed by atoms with Crippen LogP contribution in [0.3, 0.4) is 0 Å². The van der Waals surface area contributed by atoms with Crippen molar-refractivity contribution < 1.29 is 13.9 Å². The maximum Gasteiger partial charge on any atom is 0.149 e. The summed E-state index contributed by atoms with van der Waals surface area (Å²) >= 11 is 4.85. The van der Waals surface area contributed by atoms with Crippen molar-refractivity contribution >= 4 is 22.9 Å². The minimum absolute atomic E-state index is 0.217. The van der Waals surface area contributed by atoms with Gasteiger partial charge in [0.05, 0.1) is 0 Å². The Morgan fingerprint density at radius 1 is 1.42 bits per heavy atom. The third-order valence-electron chi connectivity index (χ3n) is 2.18. The summed E-state index contributed by atoms with van der Waals surface area (Å²) in [5, 5.41) is 20.8. The van der Waals surface area contributed by atoms with Crippen molar-refractivity contribution in [1.82, 2.24) is 0 Å². The summed E-state index contributed by atoms with van der Waals surface area (Å²) in [5.74, 6) is -2.12.